The lowest BCUT2D eigenvalue weighted by molar-refractivity contribution is 0.363. The molecular weight excluding hydrogens is 254 g/mol. The van der Waals surface area contributed by atoms with Gasteiger partial charge in [-0.3, -0.25) is 4.90 Å². The van der Waals surface area contributed by atoms with Gasteiger partial charge in [-0.15, -0.1) is 0 Å². The minimum atomic E-state index is 0.864. The first-order valence-electron chi connectivity index (χ1n) is 4.97. The van der Waals surface area contributed by atoms with E-state index in [2.05, 4.69) is 53.9 Å². The van der Waals surface area contributed by atoms with Crippen molar-refractivity contribution in [3.05, 3.63) is 28.8 Å². The van der Waals surface area contributed by atoms with Gasteiger partial charge in [0.05, 0.1) is 12.6 Å². The van der Waals surface area contributed by atoms with E-state index in [1.807, 2.05) is 0 Å². The Morgan fingerprint density at radius 1 is 1.33 bits per heavy atom. The molecule has 0 radical (unpaired) electrons. The standard InChI is InChI=1S/C12H18BrNO/c1-9-5-10(2)12(15-4)11(6-9)7-14(3)8-13/h5-6H,7-8H2,1-4H3. The van der Waals surface area contributed by atoms with Crippen molar-refractivity contribution in [1.29, 1.82) is 0 Å². The second-order valence-electron chi connectivity index (χ2n) is 3.91. The SMILES string of the molecule is COc1c(C)cc(C)cc1CN(C)CBr. The van der Waals surface area contributed by atoms with Crippen LogP contribution in [0, 0.1) is 13.8 Å². The van der Waals surface area contributed by atoms with Gasteiger partial charge in [0.15, 0.2) is 0 Å². The van der Waals surface area contributed by atoms with Crippen LogP contribution in [-0.2, 0) is 6.54 Å². The van der Waals surface area contributed by atoms with Crippen LogP contribution in [0.5, 0.6) is 5.75 Å². The van der Waals surface area contributed by atoms with Crippen LogP contribution >= 0.6 is 15.9 Å². The molecule has 0 aromatic heterocycles. The van der Waals surface area contributed by atoms with Gasteiger partial charge in [0.25, 0.3) is 0 Å². The Morgan fingerprint density at radius 2 is 2.00 bits per heavy atom. The van der Waals surface area contributed by atoms with Gasteiger partial charge in [-0.1, -0.05) is 33.6 Å². The summed E-state index contributed by atoms with van der Waals surface area (Å²) in [5, 5.41) is 0. The van der Waals surface area contributed by atoms with Gasteiger partial charge >= 0.3 is 0 Å². The number of ether oxygens (including phenoxy) is 1. The van der Waals surface area contributed by atoms with Crippen LogP contribution in [-0.4, -0.2) is 24.5 Å². The average Bonchev–Trinajstić information content (AvgIpc) is 2.17. The van der Waals surface area contributed by atoms with E-state index in [4.69, 9.17) is 4.74 Å². The summed E-state index contributed by atoms with van der Waals surface area (Å²) < 4.78 is 5.43. The van der Waals surface area contributed by atoms with Crippen LogP contribution in [0.4, 0.5) is 0 Å². The van der Waals surface area contributed by atoms with Gasteiger partial charge in [-0.25, -0.2) is 0 Å². The maximum absolute atomic E-state index is 5.43. The number of halogens is 1. The van der Waals surface area contributed by atoms with Crippen molar-refractivity contribution in [2.75, 3.05) is 19.6 Å². The monoisotopic (exact) mass is 271 g/mol. The Kier molecular flexibility index (Phi) is 4.61. The number of benzene rings is 1. The Bertz CT molecular complexity index is 339. The first-order chi connectivity index (χ1) is 7.08. The average molecular weight is 272 g/mol. The molecule has 1 aromatic rings. The van der Waals surface area contributed by atoms with E-state index in [0.717, 1.165) is 17.7 Å². The van der Waals surface area contributed by atoms with Gasteiger partial charge in [0.2, 0.25) is 0 Å². The van der Waals surface area contributed by atoms with Crippen molar-refractivity contribution in [1.82, 2.24) is 4.90 Å². The molecule has 0 aliphatic heterocycles. The quantitative estimate of drug-likeness (QED) is 0.617. The second kappa shape index (κ2) is 5.52. The van der Waals surface area contributed by atoms with E-state index < -0.39 is 0 Å². The largest absolute Gasteiger partial charge is 0.496 e. The fraction of sp³-hybridized carbons (Fsp3) is 0.500. The van der Waals surface area contributed by atoms with Gasteiger partial charge in [-0.2, -0.15) is 0 Å². The summed E-state index contributed by atoms with van der Waals surface area (Å²) in [6, 6.07) is 4.33. The molecule has 1 aromatic carbocycles. The Hall–Kier alpha value is -0.540. The highest BCUT2D eigenvalue weighted by molar-refractivity contribution is 9.09. The number of methoxy groups -OCH3 is 1. The number of aryl methyl sites for hydroxylation is 2. The first kappa shape index (κ1) is 12.5. The lowest BCUT2D eigenvalue weighted by atomic mass is 10.1. The van der Waals surface area contributed by atoms with Crippen LogP contribution in [0.15, 0.2) is 12.1 Å². The molecule has 2 nitrogen and oxygen atoms in total. The summed E-state index contributed by atoms with van der Waals surface area (Å²) in [6.45, 7) is 5.10. The van der Waals surface area contributed by atoms with Crippen molar-refractivity contribution in [2.24, 2.45) is 0 Å². The number of alkyl halides is 1. The van der Waals surface area contributed by atoms with E-state index in [1.54, 1.807) is 7.11 Å². The third kappa shape index (κ3) is 3.21. The lowest BCUT2D eigenvalue weighted by Gasteiger charge is -2.17. The van der Waals surface area contributed by atoms with Gasteiger partial charge < -0.3 is 4.74 Å². The number of hydrogen-bond donors (Lipinski definition) is 0. The minimum Gasteiger partial charge on any atom is -0.496 e. The summed E-state index contributed by atoms with van der Waals surface area (Å²) in [4.78, 5) is 2.19. The highest BCUT2D eigenvalue weighted by atomic mass is 79.9. The van der Waals surface area contributed by atoms with Gasteiger partial charge in [-0.05, 0) is 26.5 Å². The highest BCUT2D eigenvalue weighted by Crippen LogP contribution is 2.26. The second-order valence-corrected chi connectivity index (χ2v) is 4.41. The fourth-order valence-electron chi connectivity index (χ4n) is 1.78. The maximum Gasteiger partial charge on any atom is 0.126 e. The van der Waals surface area contributed by atoms with Crippen LogP contribution in [0.2, 0.25) is 0 Å². The van der Waals surface area contributed by atoms with E-state index >= 15 is 0 Å². The Morgan fingerprint density at radius 3 is 2.53 bits per heavy atom. The summed E-state index contributed by atoms with van der Waals surface area (Å²) >= 11 is 3.44. The molecule has 0 aliphatic rings. The first-order valence-corrected chi connectivity index (χ1v) is 6.09. The van der Waals surface area contributed by atoms with Crippen LogP contribution < -0.4 is 4.74 Å². The molecule has 0 amide bonds. The molecule has 15 heavy (non-hydrogen) atoms. The summed E-state index contributed by atoms with van der Waals surface area (Å²) in [7, 11) is 3.81. The van der Waals surface area contributed by atoms with Crippen molar-refractivity contribution >= 4 is 15.9 Å². The van der Waals surface area contributed by atoms with Crippen LogP contribution in [0.25, 0.3) is 0 Å². The zero-order chi connectivity index (χ0) is 11.4. The van der Waals surface area contributed by atoms with Crippen LogP contribution in [0.1, 0.15) is 16.7 Å². The van der Waals surface area contributed by atoms with Crippen molar-refractivity contribution in [3.8, 4) is 5.75 Å². The maximum atomic E-state index is 5.43. The van der Waals surface area contributed by atoms with Crippen molar-refractivity contribution in [3.63, 3.8) is 0 Å². The predicted octanol–water partition coefficient (Wildman–Crippen LogP) is 3.10. The summed E-state index contributed by atoms with van der Waals surface area (Å²) in [5.74, 6) is 1.01. The molecule has 0 unspecified atom stereocenters. The molecule has 0 aliphatic carbocycles. The fourth-order valence-corrected chi connectivity index (χ4v) is 1.96. The molecule has 0 N–H and O–H groups in total. The molecule has 0 heterocycles. The molecule has 1 rings (SSSR count). The molecule has 0 fully saturated rings. The van der Waals surface area contributed by atoms with E-state index in [1.165, 1.54) is 16.7 Å². The molecule has 84 valence electrons. The third-order valence-corrected chi connectivity index (χ3v) is 3.20. The topological polar surface area (TPSA) is 12.5 Å². The Labute approximate surface area is 100 Å². The molecule has 3 heteroatoms. The number of hydrogen-bond acceptors (Lipinski definition) is 2. The highest BCUT2D eigenvalue weighted by Gasteiger charge is 2.09. The van der Waals surface area contributed by atoms with Gasteiger partial charge in [0.1, 0.15) is 5.75 Å². The van der Waals surface area contributed by atoms with E-state index in [9.17, 15) is 0 Å². The molecular formula is C12H18BrNO. The summed E-state index contributed by atoms with van der Waals surface area (Å²) in [6.07, 6.45) is 0. The zero-order valence-electron chi connectivity index (χ0n) is 9.80. The van der Waals surface area contributed by atoms with Gasteiger partial charge in [0, 0.05) is 12.1 Å². The minimum absolute atomic E-state index is 0.864. The number of nitrogens with zero attached hydrogens (tertiary/aromatic N) is 1. The smallest absolute Gasteiger partial charge is 0.126 e. The summed E-state index contributed by atoms with van der Waals surface area (Å²) in [5.41, 5.74) is 4.60. The molecule has 0 saturated carbocycles. The third-order valence-electron chi connectivity index (χ3n) is 2.34. The Balaban J connectivity index is 3.03. The molecule has 0 spiro atoms. The lowest BCUT2D eigenvalue weighted by Crippen LogP contribution is -2.16. The number of rotatable bonds is 4. The molecule has 0 bridgehead atoms. The zero-order valence-corrected chi connectivity index (χ0v) is 11.4. The normalized spacial score (nSPS) is 10.8. The van der Waals surface area contributed by atoms with Crippen LogP contribution in [0.3, 0.4) is 0 Å². The molecule has 0 saturated heterocycles. The van der Waals surface area contributed by atoms with E-state index in [-0.39, 0.29) is 0 Å². The predicted molar refractivity (Wildman–Crippen MR) is 67.7 cm³/mol. The van der Waals surface area contributed by atoms with E-state index in [0.29, 0.717) is 0 Å². The van der Waals surface area contributed by atoms with Crippen molar-refractivity contribution < 1.29 is 4.74 Å². The molecule has 0 atom stereocenters. The van der Waals surface area contributed by atoms with Crippen molar-refractivity contribution in [2.45, 2.75) is 20.4 Å².